The van der Waals surface area contributed by atoms with Crippen LogP contribution in [0.25, 0.3) is 0 Å². The van der Waals surface area contributed by atoms with E-state index in [9.17, 15) is 0 Å². The third-order valence-electron chi connectivity index (χ3n) is 4.07. The van der Waals surface area contributed by atoms with Gasteiger partial charge in [0, 0.05) is 45.0 Å². The Hall–Kier alpha value is -1.60. The molecule has 21 heavy (non-hydrogen) atoms. The van der Waals surface area contributed by atoms with E-state index < -0.39 is 0 Å². The summed E-state index contributed by atoms with van der Waals surface area (Å²) in [5.74, 6) is 0.274. The van der Waals surface area contributed by atoms with Gasteiger partial charge in [-0.2, -0.15) is 5.10 Å². The van der Waals surface area contributed by atoms with E-state index in [1.54, 1.807) is 0 Å². The molecule has 1 aromatic rings. The largest absolute Gasteiger partial charge is 0.409 e. The summed E-state index contributed by atoms with van der Waals surface area (Å²) in [5, 5.41) is 16.3. The van der Waals surface area contributed by atoms with E-state index in [1.165, 1.54) is 0 Å². The van der Waals surface area contributed by atoms with Gasteiger partial charge in [0.25, 0.3) is 0 Å². The molecule has 1 unspecified atom stereocenters. The number of oxime groups is 1. The molecule has 0 aromatic carbocycles. The Morgan fingerprint density at radius 3 is 2.67 bits per heavy atom. The van der Waals surface area contributed by atoms with Crippen LogP contribution in [0.3, 0.4) is 0 Å². The van der Waals surface area contributed by atoms with Gasteiger partial charge in [-0.15, -0.1) is 0 Å². The van der Waals surface area contributed by atoms with Crippen molar-refractivity contribution in [1.29, 1.82) is 0 Å². The molecule has 1 aromatic heterocycles. The fourth-order valence-corrected chi connectivity index (χ4v) is 2.49. The molecule has 0 aliphatic carbocycles. The first-order chi connectivity index (χ1) is 10.1. The van der Waals surface area contributed by atoms with Crippen molar-refractivity contribution in [3.05, 3.63) is 18.0 Å². The standard InChI is InChI=1S/C14H26N6O/c1-3-12(2)20-5-4-13(16-20)10-18-6-8-19(9-7-18)11-14(15)17-21/h4-5,12,21H,3,6-11H2,1-2H3,(H2,15,17). The van der Waals surface area contributed by atoms with Gasteiger partial charge >= 0.3 is 0 Å². The first kappa shape index (κ1) is 15.8. The van der Waals surface area contributed by atoms with Crippen molar-refractivity contribution in [2.75, 3.05) is 32.7 Å². The van der Waals surface area contributed by atoms with Gasteiger partial charge in [0.2, 0.25) is 0 Å². The van der Waals surface area contributed by atoms with E-state index in [1.807, 2.05) is 4.68 Å². The number of hydrogen-bond donors (Lipinski definition) is 2. The Morgan fingerprint density at radius 2 is 2.05 bits per heavy atom. The Morgan fingerprint density at radius 1 is 1.38 bits per heavy atom. The summed E-state index contributed by atoms with van der Waals surface area (Å²) < 4.78 is 2.05. The highest BCUT2D eigenvalue weighted by Gasteiger charge is 2.18. The number of aromatic nitrogens is 2. The van der Waals surface area contributed by atoms with Crippen LogP contribution in [0.5, 0.6) is 0 Å². The first-order valence-electron chi connectivity index (χ1n) is 7.57. The van der Waals surface area contributed by atoms with Crippen molar-refractivity contribution in [2.24, 2.45) is 10.9 Å². The minimum Gasteiger partial charge on any atom is -0.409 e. The highest BCUT2D eigenvalue weighted by Crippen LogP contribution is 2.11. The van der Waals surface area contributed by atoms with Crippen molar-refractivity contribution in [1.82, 2.24) is 19.6 Å². The van der Waals surface area contributed by atoms with E-state index in [2.05, 4.69) is 46.2 Å². The summed E-state index contributed by atoms with van der Waals surface area (Å²) >= 11 is 0. The molecule has 0 bridgehead atoms. The summed E-state index contributed by atoms with van der Waals surface area (Å²) in [6.07, 6.45) is 3.16. The van der Waals surface area contributed by atoms with Crippen molar-refractivity contribution >= 4 is 5.84 Å². The van der Waals surface area contributed by atoms with Crippen LogP contribution in [0, 0.1) is 0 Å². The predicted molar refractivity (Wildman–Crippen MR) is 82.4 cm³/mol. The van der Waals surface area contributed by atoms with Gasteiger partial charge in [-0.3, -0.25) is 14.5 Å². The van der Waals surface area contributed by atoms with E-state index in [0.717, 1.165) is 44.8 Å². The second-order valence-electron chi connectivity index (χ2n) is 5.69. The van der Waals surface area contributed by atoms with Crippen LogP contribution >= 0.6 is 0 Å². The molecule has 1 saturated heterocycles. The number of nitrogens with zero attached hydrogens (tertiary/aromatic N) is 5. The minimum atomic E-state index is 0.274. The minimum absolute atomic E-state index is 0.274. The summed E-state index contributed by atoms with van der Waals surface area (Å²) in [5.41, 5.74) is 6.66. The monoisotopic (exact) mass is 294 g/mol. The smallest absolute Gasteiger partial charge is 0.153 e. The molecule has 2 heterocycles. The quantitative estimate of drug-likeness (QED) is 0.349. The van der Waals surface area contributed by atoms with Gasteiger partial charge in [0.15, 0.2) is 5.84 Å². The fourth-order valence-electron chi connectivity index (χ4n) is 2.49. The molecule has 7 nitrogen and oxygen atoms in total. The van der Waals surface area contributed by atoms with Crippen LogP contribution in [0.2, 0.25) is 0 Å². The first-order valence-corrected chi connectivity index (χ1v) is 7.57. The zero-order valence-electron chi connectivity index (χ0n) is 12.9. The zero-order valence-corrected chi connectivity index (χ0v) is 12.9. The van der Waals surface area contributed by atoms with Gasteiger partial charge in [-0.05, 0) is 19.4 Å². The highest BCUT2D eigenvalue weighted by atomic mass is 16.4. The number of piperazine rings is 1. The molecule has 1 aliphatic rings. The highest BCUT2D eigenvalue weighted by molar-refractivity contribution is 5.81. The van der Waals surface area contributed by atoms with E-state index in [0.29, 0.717) is 12.6 Å². The third-order valence-corrected chi connectivity index (χ3v) is 4.07. The Kier molecular flexibility index (Phi) is 5.58. The van der Waals surface area contributed by atoms with Gasteiger partial charge in [-0.25, -0.2) is 0 Å². The second kappa shape index (κ2) is 7.42. The van der Waals surface area contributed by atoms with Crippen molar-refractivity contribution in [3.8, 4) is 0 Å². The summed E-state index contributed by atoms with van der Waals surface area (Å²) in [6.45, 7) is 9.61. The van der Waals surface area contributed by atoms with E-state index >= 15 is 0 Å². The number of amidine groups is 1. The molecular formula is C14H26N6O. The van der Waals surface area contributed by atoms with Crippen molar-refractivity contribution in [2.45, 2.75) is 32.9 Å². The molecule has 1 atom stereocenters. The normalized spacial score (nSPS) is 19.8. The Balaban J connectivity index is 1.79. The molecule has 1 aliphatic heterocycles. The maximum Gasteiger partial charge on any atom is 0.153 e. The number of nitrogens with two attached hydrogens (primary N) is 1. The summed E-state index contributed by atoms with van der Waals surface area (Å²) in [7, 11) is 0. The van der Waals surface area contributed by atoms with Gasteiger partial charge < -0.3 is 10.9 Å². The molecule has 1 fully saturated rings. The van der Waals surface area contributed by atoms with Gasteiger partial charge in [-0.1, -0.05) is 12.1 Å². The molecule has 0 amide bonds. The van der Waals surface area contributed by atoms with Crippen molar-refractivity contribution < 1.29 is 5.21 Å². The molecule has 118 valence electrons. The van der Waals surface area contributed by atoms with Crippen LogP contribution in [0.4, 0.5) is 0 Å². The average molecular weight is 294 g/mol. The lowest BCUT2D eigenvalue weighted by atomic mass is 10.3. The zero-order chi connectivity index (χ0) is 15.2. The van der Waals surface area contributed by atoms with Crippen LogP contribution in [0.1, 0.15) is 32.0 Å². The second-order valence-corrected chi connectivity index (χ2v) is 5.69. The molecule has 2 rings (SSSR count). The molecule has 0 spiro atoms. The van der Waals surface area contributed by atoms with Gasteiger partial charge in [0.1, 0.15) is 0 Å². The maximum atomic E-state index is 8.59. The van der Waals surface area contributed by atoms with Gasteiger partial charge in [0.05, 0.1) is 12.2 Å². The Bertz CT molecular complexity index is 464. The number of hydrogen-bond acceptors (Lipinski definition) is 5. The number of rotatable bonds is 6. The molecule has 3 N–H and O–H groups in total. The molecule has 7 heteroatoms. The lowest BCUT2D eigenvalue weighted by Crippen LogP contribution is -2.48. The fraction of sp³-hybridized carbons (Fsp3) is 0.714. The lowest BCUT2D eigenvalue weighted by Gasteiger charge is -2.33. The Labute approximate surface area is 126 Å². The molecule has 0 saturated carbocycles. The molecule has 0 radical (unpaired) electrons. The summed E-state index contributed by atoms with van der Waals surface area (Å²) in [6, 6.07) is 2.56. The van der Waals surface area contributed by atoms with Crippen LogP contribution in [0.15, 0.2) is 17.4 Å². The van der Waals surface area contributed by atoms with Crippen LogP contribution in [-0.4, -0.2) is 63.3 Å². The van der Waals surface area contributed by atoms with Crippen LogP contribution in [-0.2, 0) is 6.54 Å². The predicted octanol–water partition coefficient (Wildman–Crippen LogP) is 0.718. The molecular weight excluding hydrogens is 268 g/mol. The van der Waals surface area contributed by atoms with Crippen LogP contribution < -0.4 is 5.73 Å². The summed E-state index contributed by atoms with van der Waals surface area (Å²) in [4.78, 5) is 4.59. The third kappa shape index (κ3) is 4.44. The maximum absolute atomic E-state index is 8.59. The van der Waals surface area contributed by atoms with Crippen molar-refractivity contribution in [3.63, 3.8) is 0 Å². The lowest BCUT2D eigenvalue weighted by molar-refractivity contribution is 0.137. The topological polar surface area (TPSA) is 82.9 Å². The van der Waals surface area contributed by atoms with E-state index in [-0.39, 0.29) is 5.84 Å². The average Bonchev–Trinajstić information content (AvgIpc) is 2.96. The SMILES string of the molecule is CCC(C)n1ccc(CN2CCN(CC(N)=NO)CC2)n1. The van der Waals surface area contributed by atoms with E-state index in [4.69, 9.17) is 10.9 Å².